The zero-order valence-electron chi connectivity index (χ0n) is 12.5. The molecule has 98 valence electrons. The van der Waals surface area contributed by atoms with Gasteiger partial charge in [-0.15, -0.1) is 0 Å². The third-order valence-corrected chi connectivity index (χ3v) is 3.94. The summed E-state index contributed by atoms with van der Waals surface area (Å²) >= 11 is 0. The van der Waals surface area contributed by atoms with Gasteiger partial charge in [0, 0.05) is 5.92 Å². The van der Waals surface area contributed by atoms with Crippen LogP contribution in [0.2, 0.25) is 0 Å². The fourth-order valence-corrected chi connectivity index (χ4v) is 2.53. The zero-order valence-corrected chi connectivity index (χ0v) is 12.5. The van der Waals surface area contributed by atoms with Gasteiger partial charge in [0.25, 0.3) is 0 Å². The van der Waals surface area contributed by atoms with E-state index < -0.39 is 0 Å². The Labute approximate surface area is 108 Å². The average molecular weight is 235 g/mol. The largest absolute Gasteiger partial charge is 0.288 e. The molecule has 1 saturated heterocycles. The number of likely N-dealkylation sites (tertiary alicyclic amines) is 1. The molecule has 1 fully saturated rings. The quantitative estimate of drug-likeness (QED) is 0.658. The van der Waals surface area contributed by atoms with Crippen molar-refractivity contribution in [1.29, 1.82) is 0 Å². The summed E-state index contributed by atoms with van der Waals surface area (Å²) in [6.45, 7) is 16.0. The number of rotatable bonds is 2. The summed E-state index contributed by atoms with van der Waals surface area (Å²) in [5.41, 5.74) is 0.0478. The Balaban J connectivity index is 2.56. The van der Waals surface area contributed by atoms with Gasteiger partial charge in [-0.05, 0) is 51.6 Å². The van der Waals surface area contributed by atoms with E-state index in [1.807, 2.05) is 0 Å². The van der Waals surface area contributed by atoms with E-state index in [0.29, 0.717) is 5.92 Å². The number of piperidine rings is 1. The van der Waals surface area contributed by atoms with E-state index in [1.165, 1.54) is 25.9 Å². The lowest BCUT2D eigenvalue weighted by molar-refractivity contribution is 0.0969. The molecule has 1 aliphatic rings. The van der Waals surface area contributed by atoms with Gasteiger partial charge in [-0.1, -0.05) is 39.5 Å². The summed E-state index contributed by atoms with van der Waals surface area (Å²) in [4.78, 5) is 2.56. The van der Waals surface area contributed by atoms with Crippen LogP contribution >= 0.6 is 0 Å². The van der Waals surface area contributed by atoms with E-state index in [0.717, 1.165) is 11.8 Å². The Morgan fingerprint density at radius 1 is 1.06 bits per heavy atom. The van der Waals surface area contributed by atoms with Crippen molar-refractivity contribution in [2.45, 2.75) is 59.9 Å². The molecule has 1 aliphatic heterocycles. The number of hydrogen-bond acceptors (Lipinski definition) is 1. The lowest BCUT2D eigenvalue weighted by Gasteiger charge is -2.41. The van der Waals surface area contributed by atoms with Gasteiger partial charge in [-0.2, -0.15) is 0 Å². The molecular formula is C16H29N. The van der Waals surface area contributed by atoms with Gasteiger partial charge in [0.2, 0.25) is 0 Å². The normalized spacial score (nSPS) is 19.5. The zero-order chi connectivity index (χ0) is 13.1. The maximum atomic E-state index is 3.45. The molecule has 0 atom stereocenters. The van der Waals surface area contributed by atoms with Crippen LogP contribution in [0.5, 0.6) is 0 Å². The van der Waals surface area contributed by atoms with Crippen molar-refractivity contribution in [3.05, 3.63) is 0 Å². The first-order valence-electron chi connectivity index (χ1n) is 7.10. The topological polar surface area (TPSA) is 3.24 Å². The fourth-order valence-electron chi connectivity index (χ4n) is 2.53. The minimum Gasteiger partial charge on any atom is -0.288 e. The predicted molar refractivity (Wildman–Crippen MR) is 75.8 cm³/mol. The third-order valence-electron chi connectivity index (χ3n) is 3.94. The van der Waals surface area contributed by atoms with Gasteiger partial charge in [0.15, 0.2) is 0 Å². The minimum atomic E-state index is 0.0478. The summed E-state index contributed by atoms with van der Waals surface area (Å²) in [5, 5.41) is 0. The first kappa shape index (κ1) is 14.6. The Morgan fingerprint density at radius 3 is 2.00 bits per heavy atom. The number of nitrogens with zero attached hydrogens (tertiary/aromatic N) is 1. The Hall–Kier alpha value is -0.480. The van der Waals surface area contributed by atoms with E-state index in [9.17, 15) is 0 Å². The van der Waals surface area contributed by atoms with Crippen LogP contribution in [0, 0.1) is 29.6 Å². The highest BCUT2D eigenvalue weighted by molar-refractivity contribution is 5.16. The summed E-state index contributed by atoms with van der Waals surface area (Å²) in [6, 6.07) is 0. The van der Waals surface area contributed by atoms with E-state index in [1.54, 1.807) is 0 Å². The number of hydrogen-bond donors (Lipinski definition) is 0. The molecule has 1 heteroatoms. The standard InChI is InChI=1S/C16H29N/c1-13(2)7-10-16(5,6)17-11-8-15(9-12-17)14(3)4/h13-15H,8-9,11-12H2,1-6H3. The van der Waals surface area contributed by atoms with Crippen LogP contribution in [0.15, 0.2) is 0 Å². The van der Waals surface area contributed by atoms with E-state index >= 15 is 0 Å². The first-order chi connectivity index (χ1) is 7.83. The van der Waals surface area contributed by atoms with Gasteiger partial charge in [0.05, 0.1) is 5.54 Å². The predicted octanol–water partition coefficient (Wildman–Crippen LogP) is 3.79. The summed E-state index contributed by atoms with van der Waals surface area (Å²) < 4.78 is 0. The van der Waals surface area contributed by atoms with Crippen molar-refractivity contribution >= 4 is 0 Å². The molecule has 1 nitrogen and oxygen atoms in total. The smallest absolute Gasteiger partial charge is 0.0768 e. The van der Waals surface area contributed by atoms with Crippen LogP contribution in [0.1, 0.15) is 54.4 Å². The molecule has 0 N–H and O–H groups in total. The molecule has 1 heterocycles. The van der Waals surface area contributed by atoms with Gasteiger partial charge >= 0.3 is 0 Å². The molecule has 0 saturated carbocycles. The molecular weight excluding hydrogens is 206 g/mol. The first-order valence-corrected chi connectivity index (χ1v) is 7.10. The molecule has 0 aromatic rings. The van der Waals surface area contributed by atoms with Crippen LogP contribution in [0.25, 0.3) is 0 Å². The van der Waals surface area contributed by atoms with Crippen molar-refractivity contribution in [2.75, 3.05) is 13.1 Å². The molecule has 0 aliphatic carbocycles. The second kappa shape index (κ2) is 5.91. The van der Waals surface area contributed by atoms with E-state index in [2.05, 4.69) is 58.3 Å². The highest BCUT2D eigenvalue weighted by Gasteiger charge is 2.29. The lowest BCUT2D eigenvalue weighted by Crippen LogP contribution is -2.47. The van der Waals surface area contributed by atoms with Gasteiger partial charge in [-0.3, -0.25) is 4.90 Å². The summed E-state index contributed by atoms with van der Waals surface area (Å²) in [5.74, 6) is 9.00. The highest BCUT2D eigenvalue weighted by atomic mass is 15.2. The molecule has 0 aromatic carbocycles. The van der Waals surface area contributed by atoms with Crippen molar-refractivity contribution < 1.29 is 0 Å². The Bertz CT molecular complexity index is 282. The van der Waals surface area contributed by atoms with Crippen molar-refractivity contribution in [2.24, 2.45) is 17.8 Å². The van der Waals surface area contributed by atoms with Crippen molar-refractivity contribution in [3.8, 4) is 11.8 Å². The summed E-state index contributed by atoms with van der Waals surface area (Å²) in [7, 11) is 0. The second-order valence-electron chi connectivity index (χ2n) is 6.55. The van der Waals surface area contributed by atoms with E-state index in [-0.39, 0.29) is 5.54 Å². The maximum Gasteiger partial charge on any atom is 0.0768 e. The van der Waals surface area contributed by atoms with Crippen LogP contribution in [-0.2, 0) is 0 Å². The van der Waals surface area contributed by atoms with Crippen molar-refractivity contribution in [3.63, 3.8) is 0 Å². The molecule has 0 bridgehead atoms. The van der Waals surface area contributed by atoms with Gasteiger partial charge < -0.3 is 0 Å². The fraction of sp³-hybridized carbons (Fsp3) is 0.875. The molecule has 0 amide bonds. The molecule has 0 unspecified atom stereocenters. The highest BCUT2D eigenvalue weighted by Crippen LogP contribution is 2.28. The average Bonchev–Trinajstić information content (AvgIpc) is 2.27. The molecule has 0 radical (unpaired) electrons. The van der Waals surface area contributed by atoms with Gasteiger partial charge in [0.1, 0.15) is 0 Å². The Kier molecular flexibility index (Phi) is 5.07. The second-order valence-corrected chi connectivity index (χ2v) is 6.55. The van der Waals surface area contributed by atoms with Crippen molar-refractivity contribution in [1.82, 2.24) is 4.90 Å². The van der Waals surface area contributed by atoms with Crippen LogP contribution in [0.3, 0.4) is 0 Å². The van der Waals surface area contributed by atoms with E-state index in [4.69, 9.17) is 0 Å². The lowest BCUT2D eigenvalue weighted by atomic mass is 9.85. The van der Waals surface area contributed by atoms with Crippen LogP contribution < -0.4 is 0 Å². The Morgan fingerprint density at radius 2 is 1.59 bits per heavy atom. The molecule has 17 heavy (non-hydrogen) atoms. The van der Waals surface area contributed by atoms with Crippen LogP contribution in [-0.4, -0.2) is 23.5 Å². The van der Waals surface area contributed by atoms with Crippen LogP contribution in [0.4, 0.5) is 0 Å². The minimum absolute atomic E-state index is 0.0478. The molecule has 0 spiro atoms. The summed E-state index contributed by atoms with van der Waals surface area (Å²) in [6.07, 6.45) is 2.68. The molecule has 1 rings (SSSR count). The van der Waals surface area contributed by atoms with Gasteiger partial charge in [-0.25, -0.2) is 0 Å². The SMILES string of the molecule is CC(C)C#CC(C)(C)N1CCC(C(C)C)CC1. The third kappa shape index (κ3) is 4.36. The molecule has 0 aromatic heterocycles. The maximum absolute atomic E-state index is 3.45. The monoisotopic (exact) mass is 235 g/mol.